The van der Waals surface area contributed by atoms with E-state index in [0.29, 0.717) is 19.4 Å². The Kier molecular flexibility index (Phi) is 4.96. The Morgan fingerprint density at radius 2 is 1.94 bits per heavy atom. The largest absolute Gasteiger partial charge is 0.215 e. The van der Waals surface area contributed by atoms with Crippen molar-refractivity contribution in [3.05, 3.63) is 35.9 Å². The van der Waals surface area contributed by atoms with Gasteiger partial charge in [-0.25, -0.2) is 13.1 Å². The van der Waals surface area contributed by atoms with E-state index in [1.807, 2.05) is 12.1 Å². The summed E-state index contributed by atoms with van der Waals surface area (Å²) in [5.41, 5.74) is 0.760. The predicted octanol–water partition coefficient (Wildman–Crippen LogP) is 1.41. The van der Waals surface area contributed by atoms with E-state index in [2.05, 4.69) is 4.72 Å². The molecule has 0 saturated carbocycles. The molecular formula is C11H14N2O2S. The molecule has 0 unspecified atom stereocenters. The lowest BCUT2D eigenvalue weighted by atomic mass is 10.2. The van der Waals surface area contributed by atoms with E-state index >= 15 is 0 Å². The van der Waals surface area contributed by atoms with Gasteiger partial charge in [0.25, 0.3) is 0 Å². The maximum atomic E-state index is 11.6. The molecule has 0 bridgehead atoms. The van der Waals surface area contributed by atoms with Crippen LogP contribution >= 0.6 is 0 Å². The summed E-state index contributed by atoms with van der Waals surface area (Å²) in [6.07, 6.45) is 0.915. The zero-order chi connectivity index (χ0) is 11.9. The highest BCUT2D eigenvalue weighted by molar-refractivity contribution is 7.88. The second-order valence-corrected chi connectivity index (χ2v) is 5.21. The number of rotatable bonds is 6. The van der Waals surface area contributed by atoms with E-state index in [1.165, 1.54) is 0 Å². The van der Waals surface area contributed by atoms with Crippen LogP contribution in [0.3, 0.4) is 0 Å². The second-order valence-electron chi connectivity index (χ2n) is 3.40. The van der Waals surface area contributed by atoms with Crippen molar-refractivity contribution in [2.24, 2.45) is 0 Å². The van der Waals surface area contributed by atoms with Crippen LogP contribution < -0.4 is 4.72 Å². The maximum absolute atomic E-state index is 11.6. The summed E-state index contributed by atoms with van der Waals surface area (Å²) in [6.45, 7) is 0.322. The van der Waals surface area contributed by atoms with Crippen molar-refractivity contribution < 1.29 is 8.42 Å². The molecule has 1 aromatic rings. The third kappa shape index (κ3) is 4.91. The van der Waals surface area contributed by atoms with Gasteiger partial charge in [0.05, 0.1) is 11.8 Å². The molecule has 16 heavy (non-hydrogen) atoms. The molecule has 0 heterocycles. The van der Waals surface area contributed by atoms with Crippen LogP contribution in [0.2, 0.25) is 0 Å². The maximum Gasteiger partial charge on any atom is 0.215 e. The molecule has 86 valence electrons. The van der Waals surface area contributed by atoms with E-state index in [1.54, 1.807) is 24.3 Å². The van der Waals surface area contributed by atoms with Gasteiger partial charge in [-0.15, -0.1) is 0 Å². The van der Waals surface area contributed by atoms with Crippen LogP contribution in [0.4, 0.5) is 0 Å². The molecule has 1 aromatic carbocycles. The van der Waals surface area contributed by atoms with Crippen LogP contribution in [0.25, 0.3) is 0 Å². The predicted molar refractivity (Wildman–Crippen MR) is 61.9 cm³/mol. The number of hydrogen-bond acceptors (Lipinski definition) is 3. The van der Waals surface area contributed by atoms with E-state index < -0.39 is 10.0 Å². The zero-order valence-electron chi connectivity index (χ0n) is 8.89. The molecule has 0 spiro atoms. The molecule has 0 aliphatic carbocycles. The number of nitriles is 1. The van der Waals surface area contributed by atoms with Gasteiger partial charge in [0, 0.05) is 13.0 Å². The summed E-state index contributed by atoms with van der Waals surface area (Å²) in [5.74, 6) is -0.0135. The number of unbranched alkanes of at least 4 members (excludes halogenated alkanes) is 1. The summed E-state index contributed by atoms with van der Waals surface area (Å²) in [6, 6.07) is 11.0. The fraction of sp³-hybridized carbons (Fsp3) is 0.364. The first-order valence-electron chi connectivity index (χ1n) is 5.02. The average molecular weight is 238 g/mol. The zero-order valence-corrected chi connectivity index (χ0v) is 9.70. The minimum atomic E-state index is -3.27. The molecule has 0 radical (unpaired) electrons. The van der Waals surface area contributed by atoms with Crippen LogP contribution in [0.1, 0.15) is 18.4 Å². The lowest BCUT2D eigenvalue weighted by Gasteiger charge is -2.05. The van der Waals surface area contributed by atoms with E-state index in [4.69, 9.17) is 5.26 Å². The first-order valence-corrected chi connectivity index (χ1v) is 6.67. The van der Waals surface area contributed by atoms with Crippen LogP contribution in [0.15, 0.2) is 30.3 Å². The summed E-state index contributed by atoms with van der Waals surface area (Å²) >= 11 is 0. The summed E-state index contributed by atoms with van der Waals surface area (Å²) < 4.78 is 25.6. The fourth-order valence-electron chi connectivity index (χ4n) is 1.24. The van der Waals surface area contributed by atoms with Crippen molar-refractivity contribution in [3.63, 3.8) is 0 Å². The first kappa shape index (κ1) is 12.7. The monoisotopic (exact) mass is 238 g/mol. The number of nitrogens with zero attached hydrogens (tertiary/aromatic N) is 1. The van der Waals surface area contributed by atoms with E-state index in [-0.39, 0.29) is 5.75 Å². The molecule has 1 rings (SSSR count). The Labute approximate surface area is 96.0 Å². The third-order valence-electron chi connectivity index (χ3n) is 1.99. The highest BCUT2D eigenvalue weighted by atomic mass is 32.2. The molecule has 0 aliphatic heterocycles. The van der Waals surface area contributed by atoms with Crippen molar-refractivity contribution in [3.8, 4) is 6.07 Å². The molecule has 0 saturated heterocycles. The molecule has 0 fully saturated rings. The molecule has 0 aromatic heterocycles. The van der Waals surface area contributed by atoms with Crippen molar-refractivity contribution in [2.45, 2.75) is 18.6 Å². The molecule has 0 atom stereocenters. The summed E-state index contributed by atoms with van der Waals surface area (Å²) in [4.78, 5) is 0. The smallest absolute Gasteiger partial charge is 0.215 e. The first-order chi connectivity index (χ1) is 7.64. The number of hydrogen-bond donors (Lipinski definition) is 1. The van der Waals surface area contributed by atoms with Crippen molar-refractivity contribution in [1.29, 1.82) is 5.26 Å². The van der Waals surface area contributed by atoms with Gasteiger partial charge in [0.15, 0.2) is 0 Å². The van der Waals surface area contributed by atoms with E-state index in [9.17, 15) is 8.42 Å². The van der Waals surface area contributed by atoms with Crippen molar-refractivity contribution in [2.75, 3.05) is 6.54 Å². The van der Waals surface area contributed by atoms with Gasteiger partial charge < -0.3 is 0 Å². The van der Waals surface area contributed by atoms with Crippen LogP contribution in [-0.4, -0.2) is 15.0 Å². The minimum Gasteiger partial charge on any atom is -0.215 e. The standard InChI is InChI=1S/C11H14N2O2S/c12-8-4-5-9-13-16(14,15)10-11-6-2-1-3-7-11/h1-3,6-7,13H,4-5,9-10H2. The molecule has 1 N–H and O–H groups in total. The van der Waals surface area contributed by atoms with Crippen LogP contribution in [-0.2, 0) is 15.8 Å². The number of benzene rings is 1. The molecule has 5 heteroatoms. The topological polar surface area (TPSA) is 70.0 Å². The third-order valence-corrected chi connectivity index (χ3v) is 3.34. The summed E-state index contributed by atoms with van der Waals surface area (Å²) in [7, 11) is -3.27. The quantitative estimate of drug-likeness (QED) is 0.762. The molecule has 4 nitrogen and oxygen atoms in total. The van der Waals surface area contributed by atoms with Crippen molar-refractivity contribution >= 4 is 10.0 Å². The Morgan fingerprint density at radius 1 is 1.25 bits per heavy atom. The van der Waals surface area contributed by atoms with Gasteiger partial charge in [0.1, 0.15) is 0 Å². The van der Waals surface area contributed by atoms with Gasteiger partial charge in [-0.2, -0.15) is 5.26 Å². The molecular weight excluding hydrogens is 224 g/mol. The van der Waals surface area contributed by atoms with Crippen LogP contribution in [0.5, 0.6) is 0 Å². The lowest BCUT2D eigenvalue weighted by Crippen LogP contribution is -2.26. The number of nitrogens with one attached hydrogen (secondary N) is 1. The average Bonchev–Trinajstić information content (AvgIpc) is 2.25. The van der Waals surface area contributed by atoms with Gasteiger partial charge in [0.2, 0.25) is 10.0 Å². The van der Waals surface area contributed by atoms with Gasteiger partial charge in [-0.05, 0) is 12.0 Å². The minimum absolute atomic E-state index is 0.0135. The SMILES string of the molecule is N#CCCCNS(=O)(=O)Cc1ccccc1. The summed E-state index contributed by atoms with van der Waals surface area (Å²) in [5, 5.41) is 8.30. The molecule has 0 aliphatic rings. The number of sulfonamides is 1. The van der Waals surface area contributed by atoms with Crippen LogP contribution in [0, 0.1) is 11.3 Å². The molecule has 0 amide bonds. The normalized spacial score (nSPS) is 10.9. The Bertz CT molecular complexity index is 449. The lowest BCUT2D eigenvalue weighted by molar-refractivity contribution is 0.578. The van der Waals surface area contributed by atoms with E-state index in [0.717, 1.165) is 5.56 Å². The second kappa shape index (κ2) is 6.26. The fourth-order valence-corrected chi connectivity index (χ4v) is 2.43. The Hall–Kier alpha value is -1.38. The van der Waals surface area contributed by atoms with Gasteiger partial charge in [-0.3, -0.25) is 0 Å². The van der Waals surface area contributed by atoms with Gasteiger partial charge >= 0.3 is 0 Å². The highest BCUT2D eigenvalue weighted by Crippen LogP contribution is 2.03. The Balaban J connectivity index is 2.44. The Morgan fingerprint density at radius 3 is 2.56 bits per heavy atom. The van der Waals surface area contributed by atoms with Crippen molar-refractivity contribution in [1.82, 2.24) is 4.72 Å². The highest BCUT2D eigenvalue weighted by Gasteiger charge is 2.09. The van der Waals surface area contributed by atoms with Gasteiger partial charge in [-0.1, -0.05) is 30.3 Å².